The van der Waals surface area contributed by atoms with Gasteiger partial charge in [0.15, 0.2) is 17.5 Å². The molecule has 170 valence electrons. The first-order valence-corrected chi connectivity index (χ1v) is 11.0. The van der Waals surface area contributed by atoms with Gasteiger partial charge in [0.25, 0.3) is 0 Å². The van der Waals surface area contributed by atoms with Gasteiger partial charge in [0.2, 0.25) is 5.75 Å². The number of methoxy groups -OCH3 is 2. The molecule has 0 radical (unpaired) electrons. The van der Waals surface area contributed by atoms with E-state index in [1.54, 1.807) is 14.2 Å². The summed E-state index contributed by atoms with van der Waals surface area (Å²) in [7, 11) is 3.28. The number of piperidine rings is 1. The molecule has 0 spiro atoms. The maximum absolute atomic E-state index is 5.71. The molecule has 0 aliphatic carbocycles. The van der Waals surface area contributed by atoms with Gasteiger partial charge in [0.05, 0.1) is 39.7 Å². The van der Waals surface area contributed by atoms with Gasteiger partial charge in [-0.15, -0.1) is 0 Å². The third kappa shape index (κ3) is 5.42. The molecule has 8 heteroatoms. The number of hydrogen-bond donors (Lipinski definition) is 1. The van der Waals surface area contributed by atoms with Crippen molar-refractivity contribution in [1.29, 1.82) is 0 Å². The molecule has 1 aliphatic rings. The van der Waals surface area contributed by atoms with Crippen LogP contribution < -0.4 is 19.5 Å². The number of imidazole rings is 1. The molecule has 1 aromatic carbocycles. The Balaban J connectivity index is 1.81. The van der Waals surface area contributed by atoms with Gasteiger partial charge in [-0.25, -0.2) is 9.98 Å². The second-order valence-electron chi connectivity index (χ2n) is 7.72. The van der Waals surface area contributed by atoms with E-state index in [2.05, 4.69) is 33.6 Å². The average molecular weight is 430 g/mol. The summed E-state index contributed by atoms with van der Waals surface area (Å²) in [5.41, 5.74) is 1.00. The molecule has 1 N–H and O–H groups in total. The number of guanidine groups is 1. The van der Waals surface area contributed by atoms with Crippen molar-refractivity contribution in [2.45, 2.75) is 39.8 Å². The Morgan fingerprint density at radius 3 is 2.55 bits per heavy atom. The summed E-state index contributed by atoms with van der Waals surface area (Å²) in [6.07, 6.45) is 6.91. The topological polar surface area (TPSA) is 73.1 Å². The fourth-order valence-corrected chi connectivity index (χ4v) is 4.00. The number of likely N-dealkylation sites (tertiary alicyclic amines) is 1. The smallest absolute Gasteiger partial charge is 0.203 e. The van der Waals surface area contributed by atoms with Crippen LogP contribution in [0.1, 0.15) is 38.8 Å². The van der Waals surface area contributed by atoms with E-state index in [4.69, 9.17) is 19.2 Å². The van der Waals surface area contributed by atoms with E-state index in [0.29, 0.717) is 42.4 Å². The SMILES string of the molecule is CCNC(=NCc1cc(OC)c(OCC)c(OC)c1)N1CCC(C)C(n2ccnc2)C1. The van der Waals surface area contributed by atoms with Gasteiger partial charge in [-0.3, -0.25) is 0 Å². The average Bonchev–Trinajstić information content (AvgIpc) is 3.32. The van der Waals surface area contributed by atoms with Crippen LogP contribution in [0.3, 0.4) is 0 Å². The van der Waals surface area contributed by atoms with Crippen LogP contribution in [0.25, 0.3) is 0 Å². The third-order valence-corrected chi connectivity index (χ3v) is 5.68. The molecule has 0 bridgehead atoms. The number of nitrogens with zero attached hydrogens (tertiary/aromatic N) is 4. The second-order valence-corrected chi connectivity index (χ2v) is 7.72. The van der Waals surface area contributed by atoms with E-state index in [9.17, 15) is 0 Å². The summed E-state index contributed by atoms with van der Waals surface area (Å²) >= 11 is 0. The van der Waals surface area contributed by atoms with Gasteiger partial charge in [-0.2, -0.15) is 0 Å². The van der Waals surface area contributed by atoms with Crippen LogP contribution >= 0.6 is 0 Å². The molecule has 1 fully saturated rings. The van der Waals surface area contributed by atoms with Gasteiger partial charge in [-0.05, 0) is 43.9 Å². The lowest BCUT2D eigenvalue weighted by Gasteiger charge is -2.39. The quantitative estimate of drug-likeness (QED) is 0.513. The molecular formula is C23H35N5O3. The van der Waals surface area contributed by atoms with Crippen molar-refractivity contribution in [3.63, 3.8) is 0 Å². The molecule has 1 aromatic heterocycles. The normalized spacial score (nSPS) is 19.3. The molecule has 2 aromatic rings. The number of benzene rings is 1. The number of nitrogens with one attached hydrogen (secondary N) is 1. The van der Waals surface area contributed by atoms with Crippen molar-refractivity contribution >= 4 is 5.96 Å². The number of rotatable bonds is 8. The predicted molar refractivity (Wildman–Crippen MR) is 122 cm³/mol. The largest absolute Gasteiger partial charge is 0.493 e. The molecule has 0 amide bonds. The monoisotopic (exact) mass is 429 g/mol. The van der Waals surface area contributed by atoms with Gasteiger partial charge >= 0.3 is 0 Å². The first-order valence-electron chi connectivity index (χ1n) is 11.0. The van der Waals surface area contributed by atoms with Crippen LogP contribution in [0.2, 0.25) is 0 Å². The van der Waals surface area contributed by atoms with E-state index >= 15 is 0 Å². The molecule has 3 rings (SSSR count). The van der Waals surface area contributed by atoms with Crippen molar-refractivity contribution in [1.82, 2.24) is 19.8 Å². The van der Waals surface area contributed by atoms with Crippen molar-refractivity contribution in [3.8, 4) is 17.2 Å². The molecule has 1 aliphatic heterocycles. The van der Waals surface area contributed by atoms with Crippen LogP contribution in [-0.4, -0.2) is 60.9 Å². The van der Waals surface area contributed by atoms with Crippen LogP contribution in [0.4, 0.5) is 0 Å². The number of hydrogen-bond acceptors (Lipinski definition) is 5. The highest BCUT2D eigenvalue weighted by atomic mass is 16.5. The van der Waals surface area contributed by atoms with Gasteiger partial charge in [0.1, 0.15) is 0 Å². The Labute approximate surface area is 185 Å². The highest BCUT2D eigenvalue weighted by Crippen LogP contribution is 2.38. The molecule has 8 nitrogen and oxygen atoms in total. The zero-order chi connectivity index (χ0) is 22.2. The zero-order valence-electron chi connectivity index (χ0n) is 19.3. The van der Waals surface area contributed by atoms with Gasteiger partial charge < -0.3 is 29.0 Å². The molecular weight excluding hydrogens is 394 g/mol. The van der Waals surface area contributed by atoms with Gasteiger partial charge in [0, 0.05) is 32.0 Å². The van der Waals surface area contributed by atoms with Crippen molar-refractivity contribution in [3.05, 3.63) is 36.4 Å². The minimum Gasteiger partial charge on any atom is -0.493 e. The lowest BCUT2D eigenvalue weighted by Crippen LogP contribution is -2.49. The fourth-order valence-electron chi connectivity index (χ4n) is 4.00. The number of aliphatic imine (C=N–C) groups is 1. The molecule has 31 heavy (non-hydrogen) atoms. The molecule has 0 saturated carbocycles. The zero-order valence-corrected chi connectivity index (χ0v) is 19.3. The number of ether oxygens (including phenoxy) is 3. The van der Waals surface area contributed by atoms with Crippen molar-refractivity contribution < 1.29 is 14.2 Å². The van der Waals surface area contributed by atoms with E-state index in [1.165, 1.54) is 0 Å². The first-order chi connectivity index (χ1) is 15.1. The van der Waals surface area contributed by atoms with E-state index in [0.717, 1.165) is 37.6 Å². The molecule has 2 unspecified atom stereocenters. The predicted octanol–water partition coefficient (Wildman–Crippen LogP) is 3.35. The fraction of sp³-hybridized carbons (Fsp3) is 0.565. The summed E-state index contributed by atoms with van der Waals surface area (Å²) in [5, 5.41) is 3.46. The summed E-state index contributed by atoms with van der Waals surface area (Å²) in [6.45, 7) is 10.1. The van der Waals surface area contributed by atoms with Crippen LogP contribution in [0, 0.1) is 5.92 Å². The molecule has 2 atom stereocenters. The maximum Gasteiger partial charge on any atom is 0.203 e. The Morgan fingerprint density at radius 1 is 1.23 bits per heavy atom. The van der Waals surface area contributed by atoms with Crippen LogP contribution in [0.5, 0.6) is 17.2 Å². The van der Waals surface area contributed by atoms with Crippen LogP contribution in [-0.2, 0) is 6.54 Å². The summed E-state index contributed by atoms with van der Waals surface area (Å²) < 4.78 is 19.0. The Morgan fingerprint density at radius 2 is 1.97 bits per heavy atom. The van der Waals surface area contributed by atoms with E-state index in [1.807, 2.05) is 37.8 Å². The summed E-state index contributed by atoms with van der Waals surface area (Å²) in [6, 6.07) is 4.31. The maximum atomic E-state index is 5.71. The minimum atomic E-state index is 0.380. The standard InChI is InChI=1S/C23H35N5O3/c1-6-25-23(27-10-8-17(3)19(15-27)28-11-9-24-16-28)26-14-18-12-20(29-4)22(31-7-2)21(13-18)30-5/h9,11-13,16-17,19H,6-8,10,14-15H2,1-5H3,(H,25,26). The summed E-state index contributed by atoms with van der Waals surface area (Å²) in [5.74, 6) is 3.45. The Hall–Kier alpha value is -2.90. The van der Waals surface area contributed by atoms with Crippen molar-refractivity contribution in [2.24, 2.45) is 10.9 Å². The number of aromatic nitrogens is 2. The van der Waals surface area contributed by atoms with Crippen LogP contribution in [0.15, 0.2) is 35.8 Å². The molecule has 2 heterocycles. The second kappa shape index (κ2) is 10.9. The van der Waals surface area contributed by atoms with E-state index in [-0.39, 0.29) is 0 Å². The highest BCUT2D eigenvalue weighted by molar-refractivity contribution is 5.80. The lowest BCUT2D eigenvalue weighted by atomic mass is 9.93. The first kappa shape index (κ1) is 22.8. The van der Waals surface area contributed by atoms with Crippen molar-refractivity contribution in [2.75, 3.05) is 40.5 Å². The van der Waals surface area contributed by atoms with Gasteiger partial charge in [-0.1, -0.05) is 6.92 Å². The lowest BCUT2D eigenvalue weighted by molar-refractivity contribution is 0.189. The third-order valence-electron chi connectivity index (χ3n) is 5.68. The summed E-state index contributed by atoms with van der Waals surface area (Å²) in [4.78, 5) is 11.5. The molecule has 1 saturated heterocycles. The Kier molecular flexibility index (Phi) is 8.03. The Bertz CT molecular complexity index is 828. The van der Waals surface area contributed by atoms with E-state index < -0.39 is 0 Å². The highest BCUT2D eigenvalue weighted by Gasteiger charge is 2.29. The minimum absolute atomic E-state index is 0.380.